The molecule has 0 unspecified atom stereocenters. The standard InChI is InChI=1S/C17H30O6/c1-11(2)7-16(19)23-14(17(20)22-10-13(5)6)8-15(18)21-9-12(3)4/h11-14H,7-10H2,1-6H3/t14-/m1/s1. The van der Waals surface area contributed by atoms with Crippen LogP contribution >= 0.6 is 0 Å². The summed E-state index contributed by atoms with van der Waals surface area (Å²) in [5, 5.41) is 0. The lowest BCUT2D eigenvalue weighted by atomic mass is 10.1. The Balaban J connectivity index is 4.68. The first-order chi connectivity index (χ1) is 10.6. The molecular formula is C17H30O6. The van der Waals surface area contributed by atoms with Gasteiger partial charge >= 0.3 is 17.9 Å². The fourth-order valence-electron chi connectivity index (χ4n) is 1.52. The molecule has 1 atom stereocenters. The van der Waals surface area contributed by atoms with Gasteiger partial charge in [0.15, 0.2) is 0 Å². The lowest BCUT2D eigenvalue weighted by molar-refractivity contribution is -0.173. The first-order valence-electron chi connectivity index (χ1n) is 8.13. The third kappa shape index (κ3) is 11.6. The molecule has 0 N–H and O–H groups in total. The smallest absolute Gasteiger partial charge is 0.348 e. The van der Waals surface area contributed by atoms with Crippen LogP contribution in [-0.2, 0) is 28.6 Å². The van der Waals surface area contributed by atoms with Crippen molar-refractivity contribution in [1.82, 2.24) is 0 Å². The average molecular weight is 330 g/mol. The van der Waals surface area contributed by atoms with Gasteiger partial charge < -0.3 is 14.2 Å². The van der Waals surface area contributed by atoms with Gasteiger partial charge in [-0.3, -0.25) is 9.59 Å². The Hall–Kier alpha value is -1.59. The highest BCUT2D eigenvalue weighted by molar-refractivity contribution is 5.84. The first kappa shape index (κ1) is 21.4. The fraction of sp³-hybridized carbons (Fsp3) is 0.824. The summed E-state index contributed by atoms with van der Waals surface area (Å²) < 4.78 is 15.2. The van der Waals surface area contributed by atoms with Crippen LogP contribution in [0.1, 0.15) is 54.4 Å². The molecule has 0 aromatic carbocycles. The van der Waals surface area contributed by atoms with Crippen LogP contribution in [0.15, 0.2) is 0 Å². The maximum atomic E-state index is 12.0. The molecule has 0 heterocycles. The number of esters is 3. The Morgan fingerprint density at radius 2 is 1.22 bits per heavy atom. The van der Waals surface area contributed by atoms with Crippen LogP contribution < -0.4 is 0 Å². The van der Waals surface area contributed by atoms with E-state index in [1.165, 1.54) is 0 Å². The van der Waals surface area contributed by atoms with Crippen LogP contribution in [0.3, 0.4) is 0 Å². The normalized spacial score (nSPS) is 12.4. The van der Waals surface area contributed by atoms with Crippen molar-refractivity contribution in [3.8, 4) is 0 Å². The van der Waals surface area contributed by atoms with Crippen molar-refractivity contribution in [2.45, 2.75) is 60.5 Å². The number of carbonyl (C=O) groups is 3. The van der Waals surface area contributed by atoms with E-state index in [-0.39, 0.29) is 43.8 Å². The maximum absolute atomic E-state index is 12.0. The molecule has 0 saturated carbocycles. The van der Waals surface area contributed by atoms with E-state index in [0.717, 1.165) is 0 Å². The Morgan fingerprint density at radius 1 is 0.696 bits per heavy atom. The second kappa shape index (κ2) is 11.0. The molecule has 0 aromatic rings. The summed E-state index contributed by atoms with van der Waals surface area (Å²) in [6, 6.07) is 0. The van der Waals surface area contributed by atoms with Crippen LogP contribution in [0.5, 0.6) is 0 Å². The van der Waals surface area contributed by atoms with Crippen LogP contribution in [0.4, 0.5) is 0 Å². The van der Waals surface area contributed by atoms with E-state index in [9.17, 15) is 14.4 Å². The SMILES string of the molecule is CC(C)COC(=O)C[C@@H](OC(=O)CC(C)C)C(=O)OCC(C)C. The molecule has 23 heavy (non-hydrogen) atoms. The molecule has 0 aliphatic carbocycles. The summed E-state index contributed by atoms with van der Waals surface area (Å²) in [5.41, 5.74) is 0. The Morgan fingerprint density at radius 3 is 1.70 bits per heavy atom. The predicted octanol–water partition coefficient (Wildman–Crippen LogP) is 2.73. The second-order valence-corrected chi connectivity index (χ2v) is 6.88. The summed E-state index contributed by atoms with van der Waals surface area (Å²) in [6.07, 6.45) is -1.40. The van der Waals surface area contributed by atoms with Gasteiger partial charge in [0.1, 0.15) is 0 Å². The quantitative estimate of drug-likeness (QED) is 0.453. The minimum Gasteiger partial charge on any atom is -0.465 e. The molecule has 0 aliphatic rings. The Bertz CT molecular complexity index is 387. The molecule has 0 rings (SSSR count). The molecule has 0 aliphatic heterocycles. The fourth-order valence-corrected chi connectivity index (χ4v) is 1.52. The predicted molar refractivity (Wildman–Crippen MR) is 85.5 cm³/mol. The highest BCUT2D eigenvalue weighted by atomic mass is 16.6. The van der Waals surface area contributed by atoms with E-state index in [1.54, 1.807) is 0 Å². The van der Waals surface area contributed by atoms with E-state index in [4.69, 9.17) is 14.2 Å². The summed E-state index contributed by atoms with van der Waals surface area (Å²) in [4.78, 5) is 35.6. The average Bonchev–Trinajstić information content (AvgIpc) is 2.40. The molecule has 6 nitrogen and oxygen atoms in total. The minimum atomic E-state index is -1.25. The lowest BCUT2D eigenvalue weighted by Gasteiger charge is -2.18. The van der Waals surface area contributed by atoms with Gasteiger partial charge in [-0.2, -0.15) is 0 Å². The maximum Gasteiger partial charge on any atom is 0.348 e. The van der Waals surface area contributed by atoms with Crippen molar-refractivity contribution in [2.24, 2.45) is 17.8 Å². The minimum absolute atomic E-state index is 0.0997. The number of rotatable bonds is 10. The zero-order valence-electron chi connectivity index (χ0n) is 15.1. The van der Waals surface area contributed by atoms with Gasteiger partial charge in [-0.05, 0) is 17.8 Å². The van der Waals surface area contributed by atoms with Crippen LogP contribution in [0, 0.1) is 17.8 Å². The molecule has 0 bridgehead atoms. The van der Waals surface area contributed by atoms with Gasteiger partial charge in [-0.1, -0.05) is 41.5 Å². The van der Waals surface area contributed by atoms with Crippen LogP contribution in [-0.4, -0.2) is 37.2 Å². The van der Waals surface area contributed by atoms with Gasteiger partial charge in [-0.15, -0.1) is 0 Å². The highest BCUT2D eigenvalue weighted by Gasteiger charge is 2.28. The Kier molecular flexibility index (Phi) is 10.3. The van der Waals surface area contributed by atoms with Crippen molar-refractivity contribution >= 4 is 17.9 Å². The monoisotopic (exact) mass is 330 g/mol. The summed E-state index contributed by atoms with van der Waals surface area (Å²) >= 11 is 0. The van der Waals surface area contributed by atoms with Gasteiger partial charge in [0.25, 0.3) is 0 Å². The van der Waals surface area contributed by atoms with E-state index in [1.807, 2.05) is 41.5 Å². The first-order valence-corrected chi connectivity index (χ1v) is 8.13. The number of hydrogen-bond acceptors (Lipinski definition) is 6. The molecule has 0 radical (unpaired) electrons. The molecule has 6 heteroatoms. The van der Waals surface area contributed by atoms with Crippen LogP contribution in [0.2, 0.25) is 0 Å². The molecule has 134 valence electrons. The third-order valence-corrected chi connectivity index (χ3v) is 2.60. The number of carbonyl (C=O) groups excluding carboxylic acids is 3. The van der Waals surface area contributed by atoms with E-state index in [2.05, 4.69) is 0 Å². The molecule has 0 aromatic heterocycles. The summed E-state index contributed by atoms with van der Waals surface area (Å²) in [5.74, 6) is -1.38. The number of hydrogen-bond donors (Lipinski definition) is 0. The van der Waals surface area contributed by atoms with Crippen molar-refractivity contribution in [1.29, 1.82) is 0 Å². The molecule has 0 spiro atoms. The zero-order chi connectivity index (χ0) is 18.0. The Labute approximate surface area is 138 Å². The van der Waals surface area contributed by atoms with Gasteiger partial charge in [0.05, 0.1) is 19.6 Å². The third-order valence-electron chi connectivity index (χ3n) is 2.60. The van der Waals surface area contributed by atoms with E-state index in [0.29, 0.717) is 0 Å². The molecule has 0 saturated heterocycles. The lowest BCUT2D eigenvalue weighted by Crippen LogP contribution is -2.33. The summed E-state index contributed by atoms with van der Waals surface area (Å²) in [7, 11) is 0. The van der Waals surface area contributed by atoms with Crippen molar-refractivity contribution in [2.75, 3.05) is 13.2 Å². The van der Waals surface area contributed by atoms with Gasteiger partial charge in [-0.25, -0.2) is 4.79 Å². The van der Waals surface area contributed by atoms with Crippen molar-refractivity contribution in [3.63, 3.8) is 0 Å². The van der Waals surface area contributed by atoms with E-state index < -0.39 is 24.0 Å². The second-order valence-electron chi connectivity index (χ2n) is 6.88. The largest absolute Gasteiger partial charge is 0.465 e. The van der Waals surface area contributed by atoms with E-state index >= 15 is 0 Å². The topological polar surface area (TPSA) is 78.9 Å². The van der Waals surface area contributed by atoms with Crippen LogP contribution in [0.25, 0.3) is 0 Å². The van der Waals surface area contributed by atoms with Gasteiger partial charge in [0, 0.05) is 6.42 Å². The molecule has 0 amide bonds. The molecular weight excluding hydrogens is 300 g/mol. The number of ether oxygens (including phenoxy) is 3. The van der Waals surface area contributed by atoms with Gasteiger partial charge in [0.2, 0.25) is 6.10 Å². The van der Waals surface area contributed by atoms with Crippen molar-refractivity contribution < 1.29 is 28.6 Å². The van der Waals surface area contributed by atoms with Crippen molar-refractivity contribution in [3.05, 3.63) is 0 Å². The highest BCUT2D eigenvalue weighted by Crippen LogP contribution is 2.10. The molecule has 0 fully saturated rings. The zero-order valence-corrected chi connectivity index (χ0v) is 15.1. The summed E-state index contributed by atoms with van der Waals surface area (Å²) in [6.45, 7) is 11.8.